The van der Waals surface area contributed by atoms with Gasteiger partial charge in [0.1, 0.15) is 12.3 Å². The summed E-state index contributed by atoms with van der Waals surface area (Å²) in [6.45, 7) is 1.18. The molecule has 0 radical (unpaired) electrons. The maximum atomic E-state index is 12.8. The number of nitrogens with one attached hydrogen (secondary N) is 3. The second-order valence-corrected chi connectivity index (χ2v) is 7.69. The summed E-state index contributed by atoms with van der Waals surface area (Å²) in [6, 6.07) is 6.12. The Labute approximate surface area is 195 Å². The molecule has 1 aromatic heterocycles. The quantitative estimate of drug-likeness (QED) is 0.543. The fourth-order valence-electron chi connectivity index (χ4n) is 3.37. The van der Waals surface area contributed by atoms with E-state index >= 15 is 0 Å². The first-order chi connectivity index (χ1) is 15.7. The average Bonchev–Trinajstić information content (AvgIpc) is 2.77. The molecule has 0 spiro atoms. The number of allylic oxidation sites excluding steroid dienone is 4. The summed E-state index contributed by atoms with van der Waals surface area (Å²) in [5, 5.41) is 13.9. The molecule has 0 bridgehead atoms. The molecule has 1 amide bonds. The normalized spacial score (nSPS) is 14.1. The molecule has 1 heterocycles. The van der Waals surface area contributed by atoms with Crippen LogP contribution in [0.1, 0.15) is 17.3 Å². The van der Waals surface area contributed by atoms with E-state index in [-0.39, 0.29) is 12.3 Å². The van der Waals surface area contributed by atoms with Crippen molar-refractivity contribution in [1.29, 1.82) is 5.41 Å². The summed E-state index contributed by atoms with van der Waals surface area (Å²) in [7, 11) is 3.16. The largest absolute Gasteiger partial charge is 0.495 e. The Morgan fingerprint density at radius 1 is 1.21 bits per heavy atom. The van der Waals surface area contributed by atoms with Gasteiger partial charge in [0, 0.05) is 46.7 Å². The van der Waals surface area contributed by atoms with Gasteiger partial charge in [-0.3, -0.25) is 14.4 Å². The van der Waals surface area contributed by atoms with Crippen LogP contribution >= 0.6 is 11.6 Å². The highest BCUT2D eigenvalue weighted by molar-refractivity contribution is 6.31. The third-order valence-corrected chi connectivity index (χ3v) is 5.14. The number of carbonyl (C=O) groups is 2. The summed E-state index contributed by atoms with van der Waals surface area (Å²) in [4.78, 5) is 37.4. The van der Waals surface area contributed by atoms with Crippen molar-refractivity contribution in [2.45, 2.75) is 13.5 Å². The number of ketones is 1. The van der Waals surface area contributed by atoms with E-state index in [1.165, 1.54) is 30.9 Å². The molecule has 0 fully saturated rings. The lowest BCUT2D eigenvalue weighted by atomic mass is 9.97. The molecular weight excluding hydrogens is 444 g/mol. The van der Waals surface area contributed by atoms with Crippen LogP contribution in [0.25, 0.3) is 11.1 Å². The fourth-order valence-corrected chi connectivity index (χ4v) is 3.54. The highest BCUT2D eigenvalue weighted by atomic mass is 35.5. The number of amides is 1. The molecule has 170 valence electrons. The van der Waals surface area contributed by atoms with Crippen molar-refractivity contribution in [2.24, 2.45) is 0 Å². The number of rotatable bonds is 7. The van der Waals surface area contributed by atoms with Gasteiger partial charge in [-0.2, -0.15) is 0 Å². The molecule has 0 atom stereocenters. The van der Waals surface area contributed by atoms with Crippen LogP contribution < -0.4 is 20.9 Å². The number of Topliss-reactive ketones (excluding diaryl/α,β-unsaturated/α-hetero) is 1. The van der Waals surface area contributed by atoms with E-state index in [9.17, 15) is 14.4 Å². The highest BCUT2D eigenvalue weighted by Gasteiger charge is 2.17. The predicted octanol–water partition coefficient (Wildman–Crippen LogP) is 3.07. The lowest BCUT2D eigenvalue weighted by molar-refractivity contribution is -0.120. The first kappa shape index (κ1) is 23.7. The number of benzene rings is 1. The Kier molecular flexibility index (Phi) is 7.30. The number of ether oxygens (including phenoxy) is 1. The Balaban J connectivity index is 1.90. The Morgan fingerprint density at radius 3 is 2.64 bits per heavy atom. The fraction of sp³-hybridized carbons (Fsp3) is 0.167. The lowest BCUT2D eigenvalue weighted by Crippen LogP contribution is -2.32. The zero-order valence-corrected chi connectivity index (χ0v) is 19.1. The number of pyridine rings is 1. The standard InChI is InChI=1S/C24H23ClN4O4/c1-14(30)18-6-4-16(25)9-19(18)20-10-24(32)29(12-22(20)33-3)13-23(31)28-17-5-7-21(26)15(8-17)11-27-2/h4-12,26-27H,13H2,1-3H3,(H,28,31)/b15-11-,26-21?. The van der Waals surface area contributed by atoms with Crippen molar-refractivity contribution >= 4 is 29.0 Å². The number of halogens is 1. The van der Waals surface area contributed by atoms with E-state index in [1.807, 2.05) is 0 Å². The van der Waals surface area contributed by atoms with Gasteiger partial charge in [0.15, 0.2) is 5.78 Å². The van der Waals surface area contributed by atoms with Crippen molar-refractivity contribution in [3.8, 4) is 16.9 Å². The molecule has 1 aromatic carbocycles. The molecule has 1 aliphatic rings. The smallest absolute Gasteiger partial charge is 0.251 e. The van der Waals surface area contributed by atoms with E-state index < -0.39 is 11.5 Å². The van der Waals surface area contributed by atoms with E-state index in [4.69, 9.17) is 21.7 Å². The minimum Gasteiger partial charge on any atom is -0.495 e. The molecule has 2 aromatic rings. The molecular formula is C24H23ClN4O4. The maximum absolute atomic E-state index is 12.8. The van der Waals surface area contributed by atoms with Gasteiger partial charge in [-0.05, 0) is 48.9 Å². The van der Waals surface area contributed by atoms with Crippen LogP contribution in [0.2, 0.25) is 5.02 Å². The van der Waals surface area contributed by atoms with Crippen molar-refractivity contribution in [3.05, 3.63) is 87.1 Å². The molecule has 1 aliphatic carbocycles. The first-order valence-electron chi connectivity index (χ1n) is 9.98. The van der Waals surface area contributed by atoms with E-state index in [0.29, 0.717) is 44.4 Å². The molecule has 0 unspecified atom stereocenters. The van der Waals surface area contributed by atoms with Gasteiger partial charge in [0.05, 0.1) is 19.0 Å². The zero-order valence-electron chi connectivity index (χ0n) is 18.4. The van der Waals surface area contributed by atoms with Gasteiger partial charge in [0.2, 0.25) is 5.91 Å². The third kappa shape index (κ3) is 5.48. The Morgan fingerprint density at radius 2 is 1.97 bits per heavy atom. The average molecular weight is 467 g/mol. The van der Waals surface area contributed by atoms with Crippen LogP contribution in [0.3, 0.4) is 0 Å². The molecule has 8 nitrogen and oxygen atoms in total. The van der Waals surface area contributed by atoms with Crippen LogP contribution in [-0.4, -0.2) is 36.1 Å². The SMILES string of the molecule is CN/C=C1/C=C(NC(=O)Cn2cc(OC)c(-c3cc(Cl)ccc3C(C)=O)cc2=O)C=CC1=N. The number of hydrogen-bond acceptors (Lipinski definition) is 6. The number of carbonyl (C=O) groups excluding carboxylic acids is 2. The second kappa shape index (κ2) is 10.1. The summed E-state index contributed by atoms with van der Waals surface area (Å²) >= 11 is 6.12. The molecule has 0 saturated heterocycles. The first-order valence-corrected chi connectivity index (χ1v) is 10.4. The monoisotopic (exact) mass is 466 g/mol. The molecule has 33 heavy (non-hydrogen) atoms. The summed E-state index contributed by atoms with van der Waals surface area (Å²) in [5.74, 6) is -0.287. The van der Waals surface area contributed by atoms with E-state index in [2.05, 4.69) is 10.6 Å². The van der Waals surface area contributed by atoms with Crippen LogP contribution in [0.15, 0.2) is 71.0 Å². The van der Waals surface area contributed by atoms with Crippen molar-refractivity contribution in [2.75, 3.05) is 14.2 Å². The van der Waals surface area contributed by atoms with Crippen molar-refractivity contribution in [3.63, 3.8) is 0 Å². The number of aromatic nitrogens is 1. The van der Waals surface area contributed by atoms with Crippen molar-refractivity contribution in [1.82, 2.24) is 15.2 Å². The minimum absolute atomic E-state index is 0.180. The minimum atomic E-state index is -0.443. The molecule has 3 rings (SSSR count). The van der Waals surface area contributed by atoms with Gasteiger partial charge in [-0.25, -0.2) is 0 Å². The lowest BCUT2D eigenvalue weighted by Gasteiger charge is -2.15. The maximum Gasteiger partial charge on any atom is 0.251 e. The van der Waals surface area contributed by atoms with Crippen LogP contribution in [0, 0.1) is 5.41 Å². The van der Waals surface area contributed by atoms with Crippen molar-refractivity contribution < 1.29 is 14.3 Å². The zero-order chi connectivity index (χ0) is 24.1. The second-order valence-electron chi connectivity index (χ2n) is 7.25. The third-order valence-electron chi connectivity index (χ3n) is 4.91. The van der Waals surface area contributed by atoms with Crippen LogP contribution in [0.4, 0.5) is 0 Å². The van der Waals surface area contributed by atoms with Gasteiger partial charge in [0.25, 0.3) is 5.56 Å². The summed E-state index contributed by atoms with van der Waals surface area (Å²) < 4.78 is 6.67. The summed E-state index contributed by atoms with van der Waals surface area (Å²) in [5.41, 5.74) is 2.26. The molecule has 3 N–H and O–H groups in total. The highest BCUT2D eigenvalue weighted by Crippen LogP contribution is 2.33. The Hall–Kier alpha value is -3.91. The van der Waals surface area contributed by atoms with Crippen LogP contribution in [-0.2, 0) is 11.3 Å². The van der Waals surface area contributed by atoms with Gasteiger partial charge >= 0.3 is 0 Å². The predicted molar refractivity (Wildman–Crippen MR) is 128 cm³/mol. The molecule has 9 heteroatoms. The Bertz CT molecular complexity index is 1290. The van der Waals surface area contributed by atoms with E-state index in [0.717, 1.165) is 0 Å². The van der Waals surface area contributed by atoms with Gasteiger partial charge in [-0.1, -0.05) is 11.6 Å². The van der Waals surface area contributed by atoms with Gasteiger partial charge < -0.3 is 25.3 Å². The van der Waals surface area contributed by atoms with Crippen LogP contribution in [0.5, 0.6) is 5.75 Å². The number of methoxy groups -OCH3 is 1. The van der Waals surface area contributed by atoms with E-state index in [1.54, 1.807) is 49.7 Å². The number of hydrogen-bond donors (Lipinski definition) is 3. The molecule has 0 aliphatic heterocycles. The number of nitrogens with zero attached hydrogens (tertiary/aromatic N) is 1. The van der Waals surface area contributed by atoms with Gasteiger partial charge in [-0.15, -0.1) is 0 Å². The summed E-state index contributed by atoms with van der Waals surface area (Å²) in [6.07, 6.45) is 7.92. The molecule has 0 saturated carbocycles. The topological polar surface area (TPSA) is 113 Å².